The Morgan fingerprint density at radius 2 is 0.525 bits per heavy atom. The van der Waals surface area contributed by atoms with Crippen molar-refractivity contribution in [2.45, 2.75) is 0 Å². The van der Waals surface area contributed by atoms with Gasteiger partial charge < -0.3 is 0 Å². The third-order valence-corrected chi connectivity index (χ3v) is 15.9. The standard InChI is InChI=1S/C58H42P/c1-8-26-44(27-9-1)53-54(45-28-10-2-11-29-45)56(47-32-14-4-15-33-47)58(57(55(53)46-30-12-3-13-31-46)52-42-24-34-43-25-22-23-41-51(43)52)59(48-35-16-5-17-36-48,49-37-18-6-19-38-49)50-39-20-7-21-40-50/h1-42H/q+1. The lowest BCUT2D eigenvalue weighted by atomic mass is 9.78. The zero-order valence-corrected chi connectivity index (χ0v) is 33.6. The van der Waals surface area contributed by atoms with E-state index in [1.807, 2.05) is 0 Å². The van der Waals surface area contributed by atoms with Crippen LogP contribution in [0.25, 0.3) is 66.4 Å². The minimum Gasteiger partial charge on any atom is -0.0622 e. The highest BCUT2D eigenvalue weighted by Crippen LogP contribution is 2.62. The summed E-state index contributed by atoms with van der Waals surface area (Å²) in [6.07, 6.45) is 0. The molecule has 0 aliphatic rings. The minimum atomic E-state index is -2.80. The molecule has 0 amide bonds. The van der Waals surface area contributed by atoms with Gasteiger partial charge in [0.2, 0.25) is 0 Å². The Labute approximate surface area is 348 Å². The molecular formula is C58H42P+. The molecule has 10 aromatic rings. The summed E-state index contributed by atoms with van der Waals surface area (Å²) < 4.78 is 0. The van der Waals surface area contributed by atoms with E-state index in [1.54, 1.807) is 0 Å². The van der Waals surface area contributed by atoms with E-state index in [9.17, 15) is 0 Å². The van der Waals surface area contributed by atoms with Crippen molar-refractivity contribution in [3.8, 4) is 55.6 Å². The molecule has 0 unspecified atom stereocenters. The third kappa shape index (κ3) is 6.40. The molecule has 59 heavy (non-hydrogen) atoms. The van der Waals surface area contributed by atoms with Crippen molar-refractivity contribution < 1.29 is 0 Å². The summed E-state index contributed by atoms with van der Waals surface area (Å²) in [5.74, 6) is 0. The Hall–Kier alpha value is -7.11. The molecule has 0 aromatic heterocycles. The van der Waals surface area contributed by atoms with E-state index in [-0.39, 0.29) is 0 Å². The van der Waals surface area contributed by atoms with Gasteiger partial charge in [-0.25, -0.2) is 0 Å². The third-order valence-electron chi connectivity index (χ3n) is 11.5. The fraction of sp³-hybridized carbons (Fsp3) is 0. The van der Waals surface area contributed by atoms with Gasteiger partial charge in [-0.1, -0.05) is 218 Å². The highest BCUT2D eigenvalue weighted by Gasteiger charge is 2.53. The average Bonchev–Trinajstić information content (AvgIpc) is 3.33. The molecule has 0 N–H and O–H groups in total. The second-order valence-corrected chi connectivity index (χ2v) is 18.2. The zero-order valence-electron chi connectivity index (χ0n) is 32.7. The highest BCUT2D eigenvalue weighted by molar-refractivity contribution is 8.02. The van der Waals surface area contributed by atoms with Crippen LogP contribution in [0.15, 0.2) is 255 Å². The minimum absolute atomic E-state index is 1.18. The maximum Gasteiger partial charge on any atom is 0.145 e. The van der Waals surface area contributed by atoms with E-state index in [2.05, 4.69) is 255 Å². The number of hydrogen-bond acceptors (Lipinski definition) is 0. The van der Waals surface area contributed by atoms with E-state index < -0.39 is 7.26 Å². The smallest absolute Gasteiger partial charge is 0.0622 e. The van der Waals surface area contributed by atoms with Crippen molar-refractivity contribution in [1.82, 2.24) is 0 Å². The van der Waals surface area contributed by atoms with Gasteiger partial charge in [0.15, 0.2) is 0 Å². The first-order valence-corrected chi connectivity index (χ1v) is 22.1. The van der Waals surface area contributed by atoms with E-state index >= 15 is 0 Å². The zero-order chi connectivity index (χ0) is 39.4. The van der Waals surface area contributed by atoms with Gasteiger partial charge in [0.25, 0.3) is 0 Å². The molecule has 0 aliphatic carbocycles. The lowest BCUT2D eigenvalue weighted by Gasteiger charge is -2.35. The van der Waals surface area contributed by atoms with Gasteiger partial charge in [-0.2, -0.15) is 0 Å². The van der Waals surface area contributed by atoms with Crippen molar-refractivity contribution in [2.24, 2.45) is 0 Å². The molecule has 1 heteroatoms. The monoisotopic (exact) mass is 769 g/mol. The second-order valence-electron chi connectivity index (χ2n) is 14.9. The van der Waals surface area contributed by atoms with Gasteiger partial charge in [-0.05, 0) is 80.6 Å². The van der Waals surface area contributed by atoms with Crippen LogP contribution in [-0.2, 0) is 0 Å². The molecule has 10 aromatic carbocycles. The molecule has 0 saturated carbocycles. The molecule has 0 bridgehead atoms. The first kappa shape index (κ1) is 36.2. The maximum absolute atomic E-state index is 2.80. The molecular weight excluding hydrogens is 728 g/mol. The normalized spacial score (nSPS) is 11.4. The number of rotatable bonds is 9. The number of hydrogen-bond donors (Lipinski definition) is 0. The summed E-state index contributed by atoms with van der Waals surface area (Å²) in [6, 6.07) is 94.4. The summed E-state index contributed by atoms with van der Waals surface area (Å²) in [5.41, 5.74) is 12.1. The quantitative estimate of drug-likeness (QED) is 0.128. The molecule has 0 nitrogen and oxygen atoms in total. The average molecular weight is 770 g/mol. The lowest BCUT2D eigenvalue weighted by molar-refractivity contribution is 1.55. The van der Waals surface area contributed by atoms with E-state index in [0.717, 1.165) is 0 Å². The fourth-order valence-electron chi connectivity index (χ4n) is 9.13. The van der Waals surface area contributed by atoms with Crippen LogP contribution in [-0.4, -0.2) is 0 Å². The van der Waals surface area contributed by atoms with Gasteiger partial charge in [0.1, 0.15) is 28.5 Å². The Morgan fingerprint density at radius 1 is 0.220 bits per heavy atom. The van der Waals surface area contributed by atoms with Gasteiger partial charge >= 0.3 is 0 Å². The SMILES string of the molecule is c1ccc(-c2c(-c3ccccc3)c(-c3ccccc3)c([P+](c3ccccc3)(c3ccccc3)c3ccccc3)c(-c3cccc4ccccc34)c2-c2ccccc2)cc1. The van der Waals surface area contributed by atoms with Crippen LogP contribution in [0.2, 0.25) is 0 Å². The Balaban J connectivity index is 1.61. The summed E-state index contributed by atoms with van der Waals surface area (Å²) in [6.45, 7) is 0. The Bertz CT molecular complexity index is 2880. The van der Waals surface area contributed by atoms with Crippen LogP contribution in [0, 0.1) is 0 Å². The highest BCUT2D eigenvalue weighted by atomic mass is 31.2. The van der Waals surface area contributed by atoms with Crippen LogP contribution < -0.4 is 21.2 Å². The van der Waals surface area contributed by atoms with Crippen LogP contribution >= 0.6 is 7.26 Å². The summed E-state index contributed by atoms with van der Waals surface area (Å²) in [4.78, 5) is 0. The molecule has 0 saturated heterocycles. The van der Waals surface area contributed by atoms with Crippen LogP contribution in [0.3, 0.4) is 0 Å². The van der Waals surface area contributed by atoms with Gasteiger partial charge in [-0.15, -0.1) is 0 Å². The lowest BCUT2D eigenvalue weighted by Crippen LogP contribution is -2.41. The second kappa shape index (κ2) is 16.0. The van der Waals surface area contributed by atoms with Gasteiger partial charge in [-0.3, -0.25) is 0 Å². The van der Waals surface area contributed by atoms with E-state index in [0.29, 0.717) is 0 Å². The van der Waals surface area contributed by atoms with E-state index in [1.165, 1.54) is 87.6 Å². The Kier molecular flexibility index (Phi) is 9.85. The van der Waals surface area contributed by atoms with Gasteiger partial charge in [0.05, 0.1) is 0 Å². The van der Waals surface area contributed by atoms with Crippen molar-refractivity contribution in [2.75, 3.05) is 0 Å². The van der Waals surface area contributed by atoms with Crippen LogP contribution in [0.4, 0.5) is 0 Å². The molecule has 0 heterocycles. The molecule has 278 valence electrons. The first-order chi connectivity index (χ1) is 29.3. The summed E-state index contributed by atoms with van der Waals surface area (Å²) in [7, 11) is -2.80. The predicted molar refractivity (Wildman–Crippen MR) is 256 cm³/mol. The largest absolute Gasteiger partial charge is 0.145 e. The summed E-state index contributed by atoms with van der Waals surface area (Å²) in [5, 5.41) is 7.71. The van der Waals surface area contributed by atoms with Crippen molar-refractivity contribution >= 4 is 39.3 Å². The van der Waals surface area contributed by atoms with Crippen LogP contribution in [0.1, 0.15) is 0 Å². The van der Waals surface area contributed by atoms with E-state index in [4.69, 9.17) is 0 Å². The molecule has 0 spiro atoms. The molecule has 0 atom stereocenters. The Morgan fingerprint density at radius 3 is 0.949 bits per heavy atom. The van der Waals surface area contributed by atoms with Crippen molar-refractivity contribution in [1.29, 1.82) is 0 Å². The molecule has 10 rings (SSSR count). The predicted octanol–water partition coefficient (Wildman–Crippen LogP) is 13.8. The van der Waals surface area contributed by atoms with Crippen LogP contribution in [0.5, 0.6) is 0 Å². The maximum atomic E-state index is 2.38. The molecule has 0 radical (unpaired) electrons. The number of fused-ring (bicyclic) bond motifs is 1. The first-order valence-electron chi connectivity index (χ1n) is 20.3. The molecule has 0 aliphatic heterocycles. The fourth-order valence-corrected chi connectivity index (χ4v) is 13.8. The van der Waals surface area contributed by atoms with Crippen molar-refractivity contribution in [3.05, 3.63) is 255 Å². The van der Waals surface area contributed by atoms with Crippen molar-refractivity contribution in [3.63, 3.8) is 0 Å². The van der Waals surface area contributed by atoms with Gasteiger partial charge in [0, 0.05) is 22.3 Å². The molecule has 0 fully saturated rings. The number of benzene rings is 10. The topological polar surface area (TPSA) is 0 Å². The summed E-state index contributed by atoms with van der Waals surface area (Å²) >= 11 is 0.